The maximum Gasteiger partial charge on any atom is 0.147 e. The van der Waals surface area contributed by atoms with Gasteiger partial charge in [-0.05, 0) is 32.0 Å². The van der Waals surface area contributed by atoms with Crippen LogP contribution in [-0.2, 0) is 4.74 Å². The molecule has 0 atom stereocenters. The van der Waals surface area contributed by atoms with Gasteiger partial charge in [0.15, 0.2) is 0 Å². The minimum atomic E-state index is -0.0260. The zero-order valence-electron chi connectivity index (χ0n) is 6.31. The molecule has 0 heterocycles. The molecule has 0 aliphatic carbocycles. The predicted molar refractivity (Wildman–Crippen MR) is 43.7 cm³/mol. The van der Waals surface area contributed by atoms with Gasteiger partial charge in [0, 0.05) is 0 Å². The van der Waals surface area contributed by atoms with Gasteiger partial charge in [-0.15, -0.1) is 0 Å². The average Bonchev–Trinajstić information content (AvgIpc) is 1.89. The van der Waals surface area contributed by atoms with E-state index in [1.807, 2.05) is 0 Å². The van der Waals surface area contributed by atoms with Gasteiger partial charge in [-0.3, -0.25) is 0 Å². The molecule has 0 aromatic heterocycles. The van der Waals surface area contributed by atoms with Crippen molar-refractivity contribution in [2.45, 2.75) is 39.2 Å². The van der Waals surface area contributed by atoms with Gasteiger partial charge in [0.2, 0.25) is 0 Å². The van der Waals surface area contributed by atoms with E-state index in [1.54, 1.807) is 0 Å². The van der Waals surface area contributed by atoms with Gasteiger partial charge in [-0.2, -0.15) is 0 Å². The Kier molecular flexibility index (Phi) is 3.78. The SMILES string of the molecule is CCC(C)(CC)OC=S. The van der Waals surface area contributed by atoms with Crippen LogP contribution in [0.5, 0.6) is 0 Å². The van der Waals surface area contributed by atoms with E-state index in [2.05, 4.69) is 33.0 Å². The average molecular weight is 146 g/mol. The summed E-state index contributed by atoms with van der Waals surface area (Å²) in [7, 11) is 0. The van der Waals surface area contributed by atoms with Crippen LogP contribution in [0, 0.1) is 0 Å². The molecule has 1 nitrogen and oxygen atoms in total. The molecular weight excluding hydrogens is 132 g/mol. The molecular formula is C7H14OS. The molecule has 0 amide bonds. The van der Waals surface area contributed by atoms with Crippen LogP contribution in [0.25, 0.3) is 0 Å². The lowest BCUT2D eigenvalue weighted by Crippen LogP contribution is -2.25. The lowest BCUT2D eigenvalue weighted by molar-refractivity contribution is 0.0789. The van der Waals surface area contributed by atoms with Crippen LogP contribution in [0.15, 0.2) is 0 Å². The second kappa shape index (κ2) is 3.83. The van der Waals surface area contributed by atoms with E-state index in [4.69, 9.17) is 4.74 Å². The van der Waals surface area contributed by atoms with Crippen molar-refractivity contribution in [3.63, 3.8) is 0 Å². The summed E-state index contributed by atoms with van der Waals surface area (Å²) in [6.45, 7) is 6.26. The fourth-order valence-electron chi connectivity index (χ4n) is 0.533. The molecule has 0 aliphatic rings. The van der Waals surface area contributed by atoms with E-state index < -0.39 is 0 Å². The highest BCUT2D eigenvalue weighted by Gasteiger charge is 2.18. The Hall–Kier alpha value is -0.110. The van der Waals surface area contributed by atoms with E-state index >= 15 is 0 Å². The van der Waals surface area contributed by atoms with Crippen LogP contribution in [-0.4, -0.2) is 11.2 Å². The molecule has 0 rings (SSSR count). The molecule has 0 bridgehead atoms. The first-order chi connectivity index (χ1) is 4.18. The van der Waals surface area contributed by atoms with Gasteiger partial charge >= 0.3 is 0 Å². The number of thiocarbonyl (C=S) groups is 1. The molecule has 0 fully saturated rings. The van der Waals surface area contributed by atoms with E-state index in [0.717, 1.165) is 12.8 Å². The van der Waals surface area contributed by atoms with Crippen LogP contribution < -0.4 is 0 Å². The molecule has 0 N–H and O–H groups in total. The Morgan fingerprint density at radius 2 is 1.89 bits per heavy atom. The van der Waals surface area contributed by atoms with Crippen LogP contribution in [0.1, 0.15) is 33.6 Å². The summed E-state index contributed by atoms with van der Waals surface area (Å²) < 4.78 is 5.22. The Labute approximate surface area is 62.4 Å². The first kappa shape index (κ1) is 8.89. The smallest absolute Gasteiger partial charge is 0.147 e. The molecule has 0 saturated heterocycles. The molecule has 0 saturated carbocycles. The van der Waals surface area contributed by atoms with Gasteiger partial charge in [0.1, 0.15) is 11.2 Å². The van der Waals surface area contributed by atoms with Crippen molar-refractivity contribution < 1.29 is 4.74 Å². The van der Waals surface area contributed by atoms with Crippen molar-refractivity contribution in [2.75, 3.05) is 0 Å². The summed E-state index contributed by atoms with van der Waals surface area (Å²) >= 11 is 4.59. The lowest BCUT2D eigenvalue weighted by Gasteiger charge is -2.24. The number of rotatable bonds is 4. The molecule has 0 aromatic rings. The van der Waals surface area contributed by atoms with Crippen molar-refractivity contribution in [1.82, 2.24) is 0 Å². The lowest BCUT2D eigenvalue weighted by atomic mass is 10.0. The largest absolute Gasteiger partial charge is 0.484 e. The molecule has 2 heteroatoms. The zero-order valence-corrected chi connectivity index (χ0v) is 7.12. The van der Waals surface area contributed by atoms with Crippen molar-refractivity contribution in [3.05, 3.63) is 0 Å². The van der Waals surface area contributed by atoms with E-state index in [1.165, 1.54) is 5.55 Å². The Bertz CT molecular complexity index is 86.9. The number of hydrogen-bond acceptors (Lipinski definition) is 2. The summed E-state index contributed by atoms with van der Waals surface area (Å²) in [6, 6.07) is 0. The van der Waals surface area contributed by atoms with Gasteiger partial charge < -0.3 is 4.74 Å². The standard InChI is InChI=1S/C7H14OS/c1-4-7(3,5-2)8-6-9/h6H,4-5H2,1-3H3. The van der Waals surface area contributed by atoms with Crippen molar-refractivity contribution in [3.8, 4) is 0 Å². The van der Waals surface area contributed by atoms with E-state index in [0.29, 0.717) is 0 Å². The minimum absolute atomic E-state index is 0.0260. The first-order valence-corrected chi connectivity index (χ1v) is 3.77. The summed E-state index contributed by atoms with van der Waals surface area (Å²) in [5.41, 5.74) is 1.33. The van der Waals surface area contributed by atoms with Crippen LogP contribution >= 0.6 is 12.2 Å². The van der Waals surface area contributed by atoms with Crippen LogP contribution in [0.4, 0.5) is 0 Å². The quantitative estimate of drug-likeness (QED) is 0.564. The Balaban J connectivity index is 3.75. The van der Waals surface area contributed by atoms with Gasteiger partial charge in [-0.25, -0.2) is 0 Å². The summed E-state index contributed by atoms with van der Waals surface area (Å²) in [4.78, 5) is 0. The summed E-state index contributed by atoms with van der Waals surface area (Å²) in [6.07, 6.45) is 2.02. The third kappa shape index (κ3) is 2.80. The normalized spacial score (nSPS) is 11.0. The fourth-order valence-corrected chi connectivity index (χ4v) is 0.765. The monoisotopic (exact) mass is 146 g/mol. The molecule has 0 unspecified atom stereocenters. The van der Waals surface area contributed by atoms with Crippen molar-refractivity contribution in [2.24, 2.45) is 0 Å². The highest BCUT2D eigenvalue weighted by atomic mass is 32.1. The third-order valence-electron chi connectivity index (χ3n) is 1.83. The number of hydrogen-bond donors (Lipinski definition) is 0. The van der Waals surface area contributed by atoms with Crippen LogP contribution in [0.3, 0.4) is 0 Å². The summed E-state index contributed by atoms with van der Waals surface area (Å²) in [5, 5.41) is 0. The first-order valence-electron chi connectivity index (χ1n) is 3.30. The second-order valence-electron chi connectivity index (χ2n) is 2.37. The predicted octanol–water partition coefficient (Wildman–Crippen LogP) is 2.54. The second-order valence-corrected chi connectivity index (χ2v) is 2.56. The Morgan fingerprint density at radius 3 is 2.00 bits per heavy atom. The molecule has 0 aliphatic heterocycles. The molecule has 54 valence electrons. The zero-order chi connectivity index (χ0) is 7.33. The molecule has 0 radical (unpaired) electrons. The molecule has 9 heavy (non-hydrogen) atoms. The molecule has 0 aromatic carbocycles. The van der Waals surface area contributed by atoms with Crippen molar-refractivity contribution >= 4 is 17.8 Å². The van der Waals surface area contributed by atoms with Gasteiger partial charge in [-0.1, -0.05) is 13.8 Å². The van der Waals surface area contributed by atoms with E-state index in [-0.39, 0.29) is 5.60 Å². The minimum Gasteiger partial charge on any atom is -0.484 e. The maximum absolute atomic E-state index is 5.22. The number of ether oxygens (including phenoxy) is 1. The Morgan fingerprint density at radius 1 is 1.44 bits per heavy atom. The third-order valence-corrected chi connectivity index (χ3v) is 1.92. The van der Waals surface area contributed by atoms with Gasteiger partial charge in [0.25, 0.3) is 0 Å². The van der Waals surface area contributed by atoms with Crippen LogP contribution in [0.2, 0.25) is 0 Å². The van der Waals surface area contributed by atoms with Crippen molar-refractivity contribution in [1.29, 1.82) is 0 Å². The highest BCUT2D eigenvalue weighted by Crippen LogP contribution is 2.17. The topological polar surface area (TPSA) is 9.23 Å². The molecule has 0 spiro atoms. The maximum atomic E-state index is 5.22. The highest BCUT2D eigenvalue weighted by molar-refractivity contribution is 7.78. The fraction of sp³-hybridized carbons (Fsp3) is 0.857. The van der Waals surface area contributed by atoms with Gasteiger partial charge in [0.05, 0.1) is 0 Å². The van der Waals surface area contributed by atoms with E-state index in [9.17, 15) is 0 Å². The summed E-state index contributed by atoms with van der Waals surface area (Å²) in [5.74, 6) is 0.